The molecule has 4 aliphatic carbocycles. The van der Waals surface area contributed by atoms with Gasteiger partial charge in [0.1, 0.15) is 0 Å². The fourth-order valence-electron chi connectivity index (χ4n) is 4.64. The standard InChI is InChI=1S/C12H19F2N.ClH/c13-11(14)10-3-8-1-7-2-9(10)6-12(15,4-7)5-8;/h7-11H,1-6,15H2;1H/t7-,8+,9+,10+,12-;/m1./s1. The summed E-state index contributed by atoms with van der Waals surface area (Å²) in [5.41, 5.74) is 6.26. The minimum Gasteiger partial charge on any atom is -0.325 e. The lowest BCUT2D eigenvalue weighted by Crippen LogP contribution is -2.50. The summed E-state index contributed by atoms with van der Waals surface area (Å²) in [6.45, 7) is 0. The van der Waals surface area contributed by atoms with Crippen molar-refractivity contribution in [1.29, 1.82) is 0 Å². The SMILES string of the molecule is Cl.N[C@@]12C[C@@H]3C[C@@H](C[C@H](C(F)F)[C@@H](C3)C1)C2. The van der Waals surface area contributed by atoms with Crippen molar-refractivity contribution in [2.24, 2.45) is 29.4 Å². The number of halogens is 3. The average molecular weight is 252 g/mol. The summed E-state index contributed by atoms with van der Waals surface area (Å²) >= 11 is 0. The first-order chi connectivity index (χ1) is 7.06. The summed E-state index contributed by atoms with van der Waals surface area (Å²) in [6.07, 6.45) is 3.74. The summed E-state index contributed by atoms with van der Waals surface area (Å²) in [5, 5.41) is 0. The second-order valence-corrected chi connectivity index (χ2v) is 6.17. The second-order valence-electron chi connectivity index (χ2n) is 6.17. The van der Waals surface area contributed by atoms with Gasteiger partial charge in [0, 0.05) is 11.5 Å². The van der Waals surface area contributed by atoms with Gasteiger partial charge >= 0.3 is 0 Å². The Hall–Kier alpha value is 0.110. The van der Waals surface area contributed by atoms with Crippen LogP contribution in [0.4, 0.5) is 8.78 Å². The maximum atomic E-state index is 13.0. The largest absolute Gasteiger partial charge is 0.325 e. The average Bonchev–Trinajstić information content (AvgIpc) is 2.26. The lowest BCUT2D eigenvalue weighted by atomic mass is 9.63. The highest BCUT2D eigenvalue weighted by molar-refractivity contribution is 5.85. The fraction of sp³-hybridized carbons (Fsp3) is 1.00. The van der Waals surface area contributed by atoms with Crippen LogP contribution in [-0.2, 0) is 0 Å². The first-order valence-corrected chi connectivity index (χ1v) is 6.13. The van der Waals surface area contributed by atoms with Crippen LogP contribution in [0.15, 0.2) is 0 Å². The molecule has 0 spiro atoms. The third kappa shape index (κ3) is 1.97. The molecule has 0 radical (unpaired) electrons. The highest BCUT2D eigenvalue weighted by Gasteiger charge is 2.51. The Morgan fingerprint density at radius 1 is 1.00 bits per heavy atom. The molecule has 5 atom stereocenters. The molecule has 0 saturated heterocycles. The van der Waals surface area contributed by atoms with Crippen LogP contribution in [0.5, 0.6) is 0 Å². The van der Waals surface area contributed by atoms with Crippen LogP contribution in [-0.4, -0.2) is 12.0 Å². The minimum absolute atomic E-state index is 0. The Morgan fingerprint density at radius 2 is 1.62 bits per heavy atom. The van der Waals surface area contributed by atoms with E-state index in [1.54, 1.807) is 0 Å². The van der Waals surface area contributed by atoms with Gasteiger partial charge < -0.3 is 5.73 Å². The van der Waals surface area contributed by atoms with Crippen molar-refractivity contribution < 1.29 is 8.78 Å². The molecule has 0 aromatic rings. The minimum atomic E-state index is -2.13. The lowest BCUT2D eigenvalue weighted by Gasteiger charge is -2.46. The molecule has 4 rings (SSSR count). The molecule has 4 bridgehead atoms. The molecule has 0 unspecified atom stereocenters. The van der Waals surface area contributed by atoms with Gasteiger partial charge in [-0.15, -0.1) is 12.4 Å². The number of rotatable bonds is 1. The zero-order chi connectivity index (χ0) is 10.6. The first kappa shape index (κ1) is 12.6. The highest BCUT2D eigenvalue weighted by Crippen LogP contribution is 2.55. The van der Waals surface area contributed by atoms with Crippen molar-refractivity contribution in [3.63, 3.8) is 0 Å². The summed E-state index contributed by atoms with van der Waals surface area (Å²) in [6, 6.07) is 0. The maximum absolute atomic E-state index is 13.0. The predicted octanol–water partition coefficient (Wildman–Crippen LogP) is 3.22. The van der Waals surface area contributed by atoms with Crippen LogP contribution in [0.25, 0.3) is 0 Å². The molecule has 4 fully saturated rings. The van der Waals surface area contributed by atoms with Gasteiger partial charge in [0.15, 0.2) is 0 Å². The monoisotopic (exact) mass is 251 g/mol. The van der Waals surface area contributed by atoms with Gasteiger partial charge in [-0.2, -0.15) is 0 Å². The normalized spacial score (nSPS) is 50.2. The summed E-state index contributed by atoms with van der Waals surface area (Å²) < 4.78 is 25.9. The van der Waals surface area contributed by atoms with Gasteiger partial charge in [-0.1, -0.05) is 0 Å². The highest BCUT2D eigenvalue weighted by atomic mass is 35.5. The Kier molecular flexibility index (Phi) is 3.21. The van der Waals surface area contributed by atoms with E-state index in [9.17, 15) is 8.78 Å². The maximum Gasteiger partial charge on any atom is 0.241 e. The van der Waals surface area contributed by atoms with E-state index in [0.29, 0.717) is 11.8 Å². The molecule has 94 valence electrons. The predicted molar refractivity (Wildman–Crippen MR) is 61.8 cm³/mol. The van der Waals surface area contributed by atoms with Crippen molar-refractivity contribution >= 4 is 12.4 Å². The molecule has 2 N–H and O–H groups in total. The van der Waals surface area contributed by atoms with E-state index in [2.05, 4.69) is 0 Å². The Bertz CT molecular complexity index is 274. The molecule has 4 aliphatic rings. The van der Waals surface area contributed by atoms with Crippen molar-refractivity contribution in [2.75, 3.05) is 0 Å². The third-order valence-electron chi connectivity index (χ3n) is 4.90. The Labute approximate surface area is 102 Å². The van der Waals surface area contributed by atoms with E-state index in [-0.39, 0.29) is 29.8 Å². The number of nitrogens with two attached hydrogens (primary N) is 1. The summed E-state index contributed by atoms with van der Waals surface area (Å²) in [7, 11) is 0. The topological polar surface area (TPSA) is 26.0 Å². The van der Waals surface area contributed by atoms with Gasteiger partial charge in [-0.3, -0.25) is 0 Å². The zero-order valence-electron chi connectivity index (χ0n) is 9.37. The number of hydrogen-bond donors (Lipinski definition) is 1. The van der Waals surface area contributed by atoms with Crippen molar-refractivity contribution in [3.05, 3.63) is 0 Å². The molecule has 0 aliphatic heterocycles. The molecular formula is C12H20ClF2N. The van der Waals surface area contributed by atoms with Crippen molar-refractivity contribution in [2.45, 2.75) is 50.5 Å². The van der Waals surface area contributed by atoms with Gasteiger partial charge in [0.05, 0.1) is 0 Å². The lowest BCUT2D eigenvalue weighted by molar-refractivity contribution is 0.0218. The fourth-order valence-corrected chi connectivity index (χ4v) is 4.64. The van der Waals surface area contributed by atoms with Gasteiger partial charge in [0.2, 0.25) is 6.43 Å². The Balaban J connectivity index is 0.000000963. The summed E-state index contributed by atoms with van der Waals surface area (Å²) in [5.74, 6) is 0.989. The van der Waals surface area contributed by atoms with E-state index in [1.165, 1.54) is 6.42 Å². The molecule has 1 nitrogen and oxygen atoms in total. The number of fused-ring (bicyclic) bond motifs is 1. The van der Waals surface area contributed by atoms with Crippen molar-refractivity contribution in [3.8, 4) is 0 Å². The van der Waals surface area contributed by atoms with Crippen LogP contribution in [0, 0.1) is 23.7 Å². The van der Waals surface area contributed by atoms with Gasteiger partial charge in [0.25, 0.3) is 0 Å². The van der Waals surface area contributed by atoms with Gasteiger partial charge in [-0.25, -0.2) is 8.78 Å². The van der Waals surface area contributed by atoms with E-state index in [0.717, 1.165) is 32.1 Å². The van der Waals surface area contributed by atoms with E-state index < -0.39 is 6.43 Å². The van der Waals surface area contributed by atoms with E-state index in [1.807, 2.05) is 0 Å². The quantitative estimate of drug-likeness (QED) is 0.761. The van der Waals surface area contributed by atoms with E-state index >= 15 is 0 Å². The smallest absolute Gasteiger partial charge is 0.241 e. The molecule has 0 amide bonds. The number of alkyl halides is 2. The van der Waals surface area contributed by atoms with Crippen LogP contribution in [0.1, 0.15) is 38.5 Å². The van der Waals surface area contributed by atoms with E-state index in [4.69, 9.17) is 5.73 Å². The zero-order valence-corrected chi connectivity index (χ0v) is 10.2. The molecular weight excluding hydrogens is 232 g/mol. The Morgan fingerprint density at radius 3 is 2.19 bits per heavy atom. The number of hydrogen-bond acceptors (Lipinski definition) is 1. The van der Waals surface area contributed by atoms with Crippen molar-refractivity contribution in [1.82, 2.24) is 0 Å². The molecule has 4 saturated carbocycles. The third-order valence-corrected chi connectivity index (χ3v) is 4.90. The first-order valence-electron chi connectivity index (χ1n) is 6.13. The molecule has 16 heavy (non-hydrogen) atoms. The van der Waals surface area contributed by atoms with Crippen LogP contribution < -0.4 is 5.73 Å². The van der Waals surface area contributed by atoms with Gasteiger partial charge in [-0.05, 0) is 56.3 Å². The molecule has 0 aromatic heterocycles. The molecule has 4 heteroatoms. The molecule has 0 aromatic carbocycles. The summed E-state index contributed by atoms with van der Waals surface area (Å²) in [4.78, 5) is 0. The van der Waals surface area contributed by atoms with Crippen LogP contribution in [0.3, 0.4) is 0 Å². The van der Waals surface area contributed by atoms with Crippen LogP contribution in [0.2, 0.25) is 0 Å². The second kappa shape index (κ2) is 4.09. The molecule has 0 heterocycles. The van der Waals surface area contributed by atoms with Crippen LogP contribution >= 0.6 is 12.4 Å².